The van der Waals surface area contributed by atoms with E-state index in [2.05, 4.69) is 33.0 Å². The summed E-state index contributed by atoms with van der Waals surface area (Å²) in [6.07, 6.45) is 5.07. The Hall–Kier alpha value is -3.82. The van der Waals surface area contributed by atoms with Crippen molar-refractivity contribution in [3.8, 4) is 34.3 Å². The van der Waals surface area contributed by atoms with Crippen LogP contribution in [0, 0.1) is 11.3 Å². The molecule has 0 saturated heterocycles. The number of Topliss-reactive ketones (excluding diaryl/α,β-unsaturated/α-hetero) is 1. The Morgan fingerprint density at radius 3 is 2.64 bits per heavy atom. The Bertz CT molecular complexity index is 1390. The number of ether oxygens (including phenoxy) is 1. The summed E-state index contributed by atoms with van der Waals surface area (Å²) >= 11 is 3.37. The number of nitrogens with zero attached hydrogens (tertiary/aromatic N) is 3. The highest BCUT2D eigenvalue weighted by atomic mass is 79.9. The van der Waals surface area contributed by atoms with Gasteiger partial charge in [0.1, 0.15) is 11.6 Å². The zero-order valence-corrected chi connectivity index (χ0v) is 19.2. The molecule has 2 heterocycles. The van der Waals surface area contributed by atoms with Crippen LogP contribution in [0.1, 0.15) is 27.0 Å². The number of pyridine rings is 2. The molecule has 0 amide bonds. The molecule has 0 bridgehead atoms. The summed E-state index contributed by atoms with van der Waals surface area (Å²) in [7, 11) is 0. The highest BCUT2D eigenvalue weighted by Crippen LogP contribution is 2.42. The Labute approximate surface area is 199 Å². The fourth-order valence-corrected chi connectivity index (χ4v) is 4.45. The first-order valence-corrected chi connectivity index (χ1v) is 11.3. The summed E-state index contributed by atoms with van der Waals surface area (Å²) in [5.74, 6) is -0.0218. The molecular weight excluding hydrogens is 478 g/mol. The third kappa shape index (κ3) is 4.04. The normalized spacial score (nSPS) is 11.8. The van der Waals surface area contributed by atoms with Crippen LogP contribution >= 0.6 is 15.9 Å². The van der Waals surface area contributed by atoms with Crippen LogP contribution in [0.15, 0.2) is 77.5 Å². The van der Waals surface area contributed by atoms with Gasteiger partial charge in [0.2, 0.25) is 5.88 Å². The predicted molar refractivity (Wildman–Crippen MR) is 129 cm³/mol. The molecule has 0 N–H and O–H groups in total. The summed E-state index contributed by atoms with van der Waals surface area (Å²) < 4.78 is 6.79. The molecule has 0 aliphatic heterocycles. The van der Waals surface area contributed by atoms with Crippen molar-refractivity contribution in [1.29, 1.82) is 5.26 Å². The Morgan fingerprint density at radius 2 is 1.88 bits per heavy atom. The van der Waals surface area contributed by atoms with E-state index in [0.29, 0.717) is 11.1 Å². The first kappa shape index (κ1) is 21.0. The molecule has 2 aromatic heterocycles. The molecule has 4 aromatic rings. The van der Waals surface area contributed by atoms with Crippen LogP contribution in [0.2, 0.25) is 0 Å². The Morgan fingerprint density at radius 1 is 1.06 bits per heavy atom. The van der Waals surface area contributed by atoms with Crippen LogP contribution < -0.4 is 4.74 Å². The number of halogens is 1. The maximum Gasteiger partial charge on any atom is 0.233 e. The van der Waals surface area contributed by atoms with Crippen LogP contribution in [0.5, 0.6) is 5.88 Å². The molecule has 5 rings (SSSR count). The number of fused-ring (bicyclic) bond motifs is 3. The van der Waals surface area contributed by atoms with Crippen molar-refractivity contribution in [3.05, 3.63) is 99.8 Å². The Balaban J connectivity index is 1.62. The minimum atomic E-state index is -0.212. The van der Waals surface area contributed by atoms with Crippen LogP contribution in [-0.2, 0) is 12.8 Å². The lowest BCUT2D eigenvalue weighted by Gasteiger charge is -2.24. The number of benzene rings is 2. The van der Waals surface area contributed by atoms with Crippen LogP contribution in [0.25, 0.3) is 22.4 Å². The lowest BCUT2D eigenvalue weighted by atomic mass is 9.83. The van der Waals surface area contributed by atoms with Crippen molar-refractivity contribution >= 4 is 21.7 Å². The third-order valence-electron chi connectivity index (χ3n) is 5.75. The second-order valence-electron chi connectivity index (χ2n) is 7.72. The summed E-state index contributed by atoms with van der Waals surface area (Å²) in [6.45, 7) is -0.212. The fourth-order valence-electron chi connectivity index (χ4n) is 4.19. The van der Waals surface area contributed by atoms with Gasteiger partial charge in [0.05, 0.1) is 5.69 Å². The highest BCUT2D eigenvalue weighted by molar-refractivity contribution is 9.10. The van der Waals surface area contributed by atoms with E-state index < -0.39 is 0 Å². The van der Waals surface area contributed by atoms with E-state index >= 15 is 0 Å². The van der Waals surface area contributed by atoms with Gasteiger partial charge in [-0.15, -0.1) is 0 Å². The average molecular weight is 496 g/mol. The number of nitriles is 1. The van der Waals surface area contributed by atoms with Crippen LogP contribution in [-0.4, -0.2) is 22.4 Å². The minimum Gasteiger partial charge on any atom is -0.468 e. The van der Waals surface area contributed by atoms with Gasteiger partial charge in [-0.1, -0.05) is 58.4 Å². The van der Waals surface area contributed by atoms with Gasteiger partial charge in [0.15, 0.2) is 12.4 Å². The largest absolute Gasteiger partial charge is 0.468 e. The maximum absolute atomic E-state index is 12.7. The molecule has 0 radical (unpaired) electrons. The number of hydrogen-bond donors (Lipinski definition) is 0. The molecular formula is C27H18BrN3O2. The zero-order chi connectivity index (χ0) is 22.8. The molecule has 0 spiro atoms. The number of ketones is 1. The second-order valence-corrected chi connectivity index (χ2v) is 8.64. The molecule has 33 heavy (non-hydrogen) atoms. The van der Waals surface area contributed by atoms with Crippen molar-refractivity contribution < 1.29 is 9.53 Å². The summed E-state index contributed by atoms with van der Waals surface area (Å²) in [6, 6.07) is 21.3. The minimum absolute atomic E-state index is 0.164. The molecule has 0 saturated carbocycles. The molecule has 2 aromatic carbocycles. The van der Waals surface area contributed by atoms with Crippen molar-refractivity contribution in [2.45, 2.75) is 12.8 Å². The van der Waals surface area contributed by atoms with Crippen LogP contribution in [0.4, 0.5) is 0 Å². The standard InChI is InChI=1S/C27H18BrN3O2/c28-20-10-7-18(8-11-20)24(32)16-33-27-23(14-29)25(19-5-3-13-30-15-19)22-12-9-17-4-1-2-6-21(17)26(22)31-27/h1-8,10-11,13,15H,9,12,16H2. The summed E-state index contributed by atoms with van der Waals surface area (Å²) in [4.78, 5) is 21.7. The van der Waals surface area contributed by atoms with E-state index in [9.17, 15) is 10.1 Å². The lowest BCUT2D eigenvalue weighted by Crippen LogP contribution is -2.15. The van der Waals surface area contributed by atoms with Gasteiger partial charge in [0.25, 0.3) is 0 Å². The zero-order valence-electron chi connectivity index (χ0n) is 17.6. The average Bonchev–Trinajstić information content (AvgIpc) is 2.87. The first-order chi connectivity index (χ1) is 16.2. The van der Waals surface area contributed by atoms with E-state index in [-0.39, 0.29) is 18.3 Å². The lowest BCUT2D eigenvalue weighted by molar-refractivity contribution is 0.0918. The van der Waals surface area contributed by atoms with E-state index in [4.69, 9.17) is 9.72 Å². The molecule has 1 aliphatic rings. The number of carbonyl (C=O) groups excluding carboxylic acids is 1. The van der Waals surface area contributed by atoms with E-state index in [1.54, 1.807) is 24.5 Å². The summed E-state index contributed by atoms with van der Waals surface area (Å²) in [5.41, 5.74) is 6.49. The van der Waals surface area contributed by atoms with Gasteiger partial charge >= 0.3 is 0 Å². The third-order valence-corrected chi connectivity index (χ3v) is 6.28. The molecule has 0 fully saturated rings. The van der Waals surface area contributed by atoms with Gasteiger partial charge in [-0.2, -0.15) is 5.26 Å². The van der Waals surface area contributed by atoms with Gasteiger partial charge in [-0.05, 0) is 42.2 Å². The monoisotopic (exact) mass is 495 g/mol. The van der Waals surface area contributed by atoms with Gasteiger partial charge in [0, 0.05) is 39.1 Å². The highest BCUT2D eigenvalue weighted by Gasteiger charge is 2.27. The molecule has 160 valence electrons. The van der Waals surface area contributed by atoms with E-state index in [0.717, 1.165) is 45.3 Å². The molecule has 0 unspecified atom stereocenters. The number of aryl methyl sites for hydroxylation is 1. The van der Waals surface area contributed by atoms with Gasteiger partial charge in [-0.3, -0.25) is 9.78 Å². The van der Waals surface area contributed by atoms with Crippen molar-refractivity contribution in [1.82, 2.24) is 9.97 Å². The number of carbonyl (C=O) groups is 1. The Kier molecular flexibility index (Phi) is 5.72. The number of hydrogen-bond acceptors (Lipinski definition) is 5. The van der Waals surface area contributed by atoms with Gasteiger partial charge in [-0.25, -0.2) is 4.98 Å². The maximum atomic E-state index is 12.7. The molecule has 1 aliphatic carbocycles. The molecule has 6 heteroatoms. The molecule has 0 atom stereocenters. The van der Waals surface area contributed by atoms with Crippen molar-refractivity contribution in [2.24, 2.45) is 0 Å². The van der Waals surface area contributed by atoms with E-state index in [1.165, 1.54) is 5.56 Å². The van der Waals surface area contributed by atoms with E-state index in [1.807, 2.05) is 42.5 Å². The van der Waals surface area contributed by atoms with Gasteiger partial charge < -0.3 is 4.74 Å². The van der Waals surface area contributed by atoms with Crippen molar-refractivity contribution in [3.63, 3.8) is 0 Å². The topological polar surface area (TPSA) is 75.9 Å². The smallest absolute Gasteiger partial charge is 0.233 e. The van der Waals surface area contributed by atoms with Crippen LogP contribution in [0.3, 0.4) is 0 Å². The summed E-state index contributed by atoms with van der Waals surface area (Å²) in [5, 5.41) is 10.1. The predicted octanol–water partition coefficient (Wildman–Crippen LogP) is 5.81. The van der Waals surface area contributed by atoms with Crippen molar-refractivity contribution in [2.75, 3.05) is 6.61 Å². The first-order valence-electron chi connectivity index (χ1n) is 10.5. The SMILES string of the molecule is N#Cc1c(OCC(=O)c2ccc(Br)cc2)nc2c(c1-c1cccnc1)CCc1ccccc1-2. The fraction of sp³-hybridized carbons (Fsp3) is 0.111. The second kappa shape index (κ2) is 8.97. The number of aromatic nitrogens is 2. The number of rotatable bonds is 5. The molecule has 5 nitrogen and oxygen atoms in total. The quantitative estimate of drug-likeness (QED) is 0.326.